The fraction of sp³-hybridized carbons (Fsp3) is 0.438. The summed E-state index contributed by atoms with van der Waals surface area (Å²) in [5.41, 5.74) is 0.644. The summed E-state index contributed by atoms with van der Waals surface area (Å²) in [6.45, 7) is 3.93. The number of hydrogen-bond acceptors (Lipinski definition) is 7. The van der Waals surface area contributed by atoms with E-state index in [0.717, 1.165) is 0 Å². The zero-order valence-corrected chi connectivity index (χ0v) is 14.8. The van der Waals surface area contributed by atoms with Crippen LogP contribution in [0.15, 0.2) is 34.1 Å². The van der Waals surface area contributed by atoms with E-state index >= 15 is 0 Å². The maximum absolute atomic E-state index is 12.4. The number of urea groups is 1. The molecule has 136 valence electrons. The van der Waals surface area contributed by atoms with Crippen molar-refractivity contribution in [1.82, 2.24) is 10.6 Å². The molecule has 2 heterocycles. The topological polar surface area (TPSA) is 107 Å². The van der Waals surface area contributed by atoms with Crippen LogP contribution in [0.2, 0.25) is 0 Å². The van der Waals surface area contributed by atoms with Crippen LogP contribution >= 0.6 is 11.8 Å². The minimum atomic E-state index is -0.749. The minimum absolute atomic E-state index is 0.113. The molecule has 0 fully saturated rings. The molecule has 0 saturated carbocycles. The van der Waals surface area contributed by atoms with Crippen molar-refractivity contribution in [3.63, 3.8) is 0 Å². The van der Waals surface area contributed by atoms with Crippen LogP contribution < -0.4 is 10.6 Å². The van der Waals surface area contributed by atoms with E-state index in [2.05, 4.69) is 10.6 Å². The van der Waals surface area contributed by atoms with Crippen molar-refractivity contribution in [3.05, 3.63) is 35.4 Å². The number of thioether (sulfide) groups is 1. The van der Waals surface area contributed by atoms with E-state index in [4.69, 9.17) is 13.9 Å². The molecule has 8 nitrogen and oxygen atoms in total. The van der Waals surface area contributed by atoms with Crippen molar-refractivity contribution >= 4 is 29.7 Å². The molecule has 1 aromatic rings. The van der Waals surface area contributed by atoms with E-state index in [-0.39, 0.29) is 29.7 Å². The Morgan fingerprint density at radius 2 is 2.04 bits per heavy atom. The molecule has 0 aliphatic carbocycles. The number of furan rings is 1. The van der Waals surface area contributed by atoms with E-state index in [0.29, 0.717) is 18.1 Å². The van der Waals surface area contributed by atoms with Gasteiger partial charge in [0.1, 0.15) is 11.8 Å². The zero-order valence-electron chi connectivity index (χ0n) is 14.0. The quantitative estimate of drug-likeness (QED) is 0.673. The molecular formula is C16H20N2O6S. The first-order valence-corrected chi connectivity index (χ1v) is 8.96. The van der Waals surface area contributed by atoms with Crippen LogP contribution in [0.3, 0.4) is 0 Å². The summed E-state index contributed by atoms with van der Waals surface area (Å²) in [4.78, 5) is 35.8. The summed E-state index contributed by atoms with van der Waals surface area (Å²) >= 11 is 1.24. The number of ether oxygens (including phenoxy) is 2. The van der Waals surface area contributed by atoms with Crippen LogP contribution in [0, 0.1) is 0 Å². The van der Waals surface area contributed by atoms with Crippen LogP contribution in [-0.2, 0) is 19.1 Å². The van der Waals surface area contributed by atoms with Crippen LogP contribution in [0.25, 0.3) is 0 Å². The highest BCUT2D eigenvalue weighted by molar-refractivity contribution is 8.00. The third kappa shape index (κ3) is 5.02. The molecule has 0 spiro atoms. The first kappa shape index (κ1) is 18.9. The maximum atomic E-state index is 12.4. The fourth-order valence-electron chi connectivity index (χ4n) is 2.29. The summed E-state index contributed by atoms with van der Waals surface area (Å²) in [7, 11) is 0. The van der Waals surface area contributed by atoms with Gasteiger partial charge in [-0.3, -0.25) is 4.79 Å². The molecule has 0 bridgehead atoms. The van der Waals surface area contributed by atoms with E-state index < -0.39 is 18.0 Å². The standard InChI is InChI=1S/C16H20N2O6S/c1-3-22-12(19)9-25-8-10-13(15(20)23-4-2)14(18-16(21)17-10)11-6-5-7-24-11/h5-7,14H,3-4,8-9H2,1-2H3,(H2,17,18,21). The first-order chi connectivity index (χ1) is 12.1. The lowest BCUT2D eigenvalue weighted by atomic mass is 10.0. The van der Waals surface area contributed by atoms with Crippen molar-refractivity contribution in [3.8, 4) is 0 Å². The summed E-state index contributed by atoms with van der Waals surface area (Å²) < 4.78 is 15.3. The Labute approximate surface area is 149 Å². The molecular weight excluding hydrogens is 348 g/mol. The number of amides is 2. The molecule has 1 aromatic heterocycles. The molecule has 25 heavy (non-hydrogen) atoms. The van der Waals surface area contributed by atoms with Gasteiger partial charge in [-0.25, -0.2) is 9.59 Å². The van der Waals surface area contributed by atoms with E-state index in [1.807, 2.05) is 0 Å². The lowest BCUT2D eigenvalue weighted by Crippen LogP contribution is -2.46. The number of esters is 2. The van der Waals surface area contributed by atoms with E-state index in [1.54, 1.807) is 26.0 Å². The van der Waals surface area contributed by atoms with Crippen LogP contribution in [0.4, 0.5) is 4.79 Å². The van der Waals surface area contributed by atoms with Gasteiger partial charge in [0.2, 0.25) is 0 Å². The number of carbonyl (C=O) groups is 3. The van der Waals surface area contributed by atoms with Crippen molar-refractivity contribution in [2.24, 2.45) is 0 Å². The van der Waals surface area contributed by atoms with Crippen LogP contribution in [-0.4, -0.2) is 42.7 Å². The van der Waals surface area contributed by atoms with Gasteiger partial charge in [0.05, 0.1) is 30.8 Å². The van der Waals surface area contributed by atoms with Gasteiger partial charge in [-0.15, -0.1) is 11.8 Å². The van der Waals surface area contributed by atoms with Gasteiger partial charge < -0.3 is 24.5 Å². The van der Waals surface area contributed by atoms with Crippen molar-refractivity contribution in [2.75, 3.05) is 24.7 Å². The number of carbonyl (C=O) groups excluding carboxylic acids is 3. The molecule has 0 radical (unpaired) electrons. The van der Waals surface area contributed by atoms with E-state index in [9.17, 15) is 14.4 Å². The Morgan fingerprint density at radius 1 is 1.28 bits per heavy atom. The molecule has 2 N–H and O–H groups in total. The highest BCUT2D eigenvalue weighted by atomic mass is 32.2. The van der Waals surface area contributed by atoms with Crippen LogP contribution in [0.1, 0.15) is 25.6 Å². The monoisotopic (exact) mass is 368 g/mol. The van der Waals surface area contributed by atoms with Gasteiger partial charge >= 0.3 is 18.0 Å². The predicted octanol–water partition coefficient (Wildman–Crippen LogP) is 1.75. The zero-order chi connectivity index (χ0) is 18.2. The number of nitrogens with one attached hydrogen (secondary N) is 2. The predicted molar refractivity (Wildman–Crippen MR) is 90.7 cm³/mol. The number of rotatable bonds is 8. The molecule has 1 aliphatic rings. The second kappa shape index (κ2) is 9.16. The molecule has 2 rings (SSSR count). The van der Waals surface area contributed by atoms with Gasteiger partial charge in [0.25, 0.3) is 0 Å². The summed E-state index contributed by atoms with van der Waals surface area (Å²) in [5.74, 6) is -0.123. The summed E-state index contributed by atoms with van der Waals surface area (Å²) in [5, 5.41) is 5.27. The Kier molecular flexibility index (Phi) is 6.93. The van der Waals surface area contributed by atoms with Crippen LogP contribution in [0.5, 0.6) is 0 Å². The smallest absolute Gasteiger partial charge is 0.338 e. The Bertz CT molecular complexity index is 656. The van der Waals surface area contributed by atoms with Crippen molar-refractivity contribution in [1.29, 1.82) is 0 Å². The number of hydrogen-bond donors (Lipinski definition) is 2. The minimum Gasteiger partial charge on any atom is -0.467 e. The highest BCUT2D eigenvalue weighted by Crippen LogP contribution is 2.29. The molecule has 1 unspecified atom stereocenters. The lowest BCUT2D eigenvalue weighted by Gasteiger charge is -2.27. The van der Waals surface area contributed by atoms with Gasteiger partial charge in [-0.05, 0) is 26.0 Å². The van der Waals surface area contributed by atoms with Gasteiger partial charge in [0, 0.05) is 11.4 Å². The molecule has 9 heteroatoms. The Hall–Kier alpha value is -2.42. The van der Waals surface area contributed by atoms with Gasteiger partial charge in [-0.2, -0.15) is 0 Å². The van der Waals surface area contributed by atoms with Crippen molar-refractivity contribution in [2.45, 2.75) is 19.9 Å². The third-order valence-corrected chi connectivity index (χ3v) is 4.18. The fourth-order valence-corrected chi connectivity index (χ4v) is 3.07. The second-order valence-corrected chi connectivity index (χ2v) is 5.94. The Balaban J connectivity index is 2.23. The maximum Gasteiger partial charge on any atom is 0.338 e. The molecule has 1 aliphatic heterocycles. The molecule has 0 saturated heterocycles. The SMILES string of the molecule is CCOC(=O)CSCC1=C(C(=O)OCC)C(c2ccco2)NC(=O)N1. The third-order valence-electron chi connectivity index (χ3n) is 3.25. The second-order valence-electron chi connectivity index (χ2n) is 4.96. The summed E-state index contributed by atoms with van der Waals surface area (Å²) in [6.07, 6.45) is 1.46. The molecule has 0 aromatic carbocycles. The first-order valence-electron chi connectivity index (χ1n) is 7.81. The summed E-state index contributed by atoms with van der Waals surface area (Å²) in [6, 6.07) is 2.13. The van der Waals surface area contributed by atoms with Gasteiger partial charge in [0.15, 0.2) is 0 Å². The normalized spacial score (nSPS) is 16.9. The molecule has 2 amide bonds. The largest absolute Gasteiger partial charge is 0.467 e. The lowest BCUT2D eigenvalue weighted by molar-refractivity contribution is -0.140. The average molecular weight is 368 g/mol. The average Bonchev–Trinajstić information content (AvgIpc) is 3.09. The highest BCUT2D eigenvalue weighted by Gasteiger charge is 2.35. The molecule has 1 atom stereocenters. The van der Waals surface area contributed by atoms with Crippen molar-refractivity contribution < 1.29 is 28.3 Å². The Morgan fingerprint density at radius 3 is 2.68 bits per heavy atom. The van der Waals surface area contributed by atoms with E-state index in [1.165, 1.54) is 18.0 Å². The van der Waals surface area contributed by atoms with Gasteiger partial charge in [-0.1, -0.05) is 0 Å².